The molecule has 1 amide bonds. The molecule has 2 heteroatoms. The van der Waals surface area contributed by atoms with Crippen molar-refractivity contribution in [3.63, 3.8) is 0 Å². The minimum atomic E-state index is 0.0712. The van der Waals surface area contributed by atoms with E-state index in [0.29, 0.717) is 6.04 Å². The molecule has 0 spiro atoms. The molecule has 1 aliphatic heterocycles. The Balaban J connectivity index is 2.33. The summed E-state index contributed by atoms with van der Waals surface area (Å²) in [4.78, 5) is 12.6. The van der Waals surface area contributed by atoms with Crippen molar-refractivity contribution in [3.8, 4) is 0 Å². The number of rotatable bonds is 2. The minimum absolute atomic E-state index is 0.0712. The van der Waals surface area contributed by atoms with Gasteiger partial charge >= 0.3 is 0 Å². The standard InChI is InChI=1S/C7H11NO/c1-3-6-5-8(6)7(9)4-2/h4,6H,2-3,5H2,1H3. The molecule has 0 aromatic carbocycles. The maximum Gasteiger partial charge on any atom is 0.246 e. The second-order valence-corrected chi connectivity index (χ2v) is 2.26. The molecule has 0 aromatic heterocycles. The molecule has 1 saturated heterocycles. The van der Waals surface area contributed by atoms with Crippen LogP contribution in [0.5, 0.6) is 0 Å². The van der Waals surface area contributed by atoms with E-state index in [1.807, 2.05) is 4.90 Å². The number of carbonyl (C=O) groups is 1. The quantitative estimate of drug-likeness (QED) is 0.394. The number of amides is 1. The average molecular weight is 125 g/mol. The Morgan fingerprint density at radius 2 is 2.67 bits per heavy atom. The maximum atomic E-state index is 10.8. The third-order valence-corrected chi connectivity index (χ3v) is 1.64. The summed E-state index contributed by atoms with van der Waals surface area (Å²) in [6.45, 7) is 6.42. The molecular weight excluding hydrogens is 114 g/mol. The summed E-state index contributed by atoms with van der Waals surface area (Å²) in [6, 6.07) is 0.510. The van der Waals surface area contributed by atoms with E-state index in [1.165, 1.54) is 6.08 Å². The van der Waals surface area contributed by atoms with Gasteiger partial charge in [0.05, 0.1) is 0 Å². The Hall–Kier alpha value is -0.790. The summed E-state index contributed by atoms with van der Waals surface area (Å²) in [7, 11) is 0. The first-order valence-corrected chi connectivity index (χ1v) is 3.22. The zero-order valence-corrected chi connectivity index (χ0v) is 5.63. The van der Waals surface area contributed by atoms with Crippen molar-refractivity contribution in [2.45, 2.75) is 19.4 Å². The van der Waals surface area contributed by atoms with Crippen molar-refractivity contribution in [1.82, 2.24) is 4.90 Å². The molecule has 0 N–H and O–H groups in total. The van der Waals surface area contributed by atoms with Crippen LogP contribution in [-0.4, -0.2) is 23.4 Å². The molecule has 1 aliphatic rings. The first kappa shape index (κ1) is 6.33. The summed E-state index contributed by atoms with van der Waals surface area (Å²) >= 11 is 0. The Morgan fingerprint density at radius 1 is 2.00 bits per heavy atom. The SMILES string of the molecule is C=CC(=O)N1CC1CC. The number of carbonyl (C=O) groups excluding carboxylic acids is 1. The van der Waals surface area contributed by atoms with E-state index in [0.717, 1.165) is 13.0 Å². The summed E-state index contributed by atoms with van der Waals surface area (Å²) in [6.07, 6.45) is 2.44. The topological polar surface area (TPSA) is 20.1 Å². The van der Waals surface area contributed by atoms with Gasteiger partial charge in [0.25, 0.3) is 0 Å². The van der Waals surface area contributed by atoms with Crippen molar-refractivity contribution < 1.29 is 4.79 Å². The lowest BCUT2D eigenvalue weighted by Crippen LogP contribution is -2.08. The van der Waals surface area contributed by atoms with E-state index in [4.69, 9.17) is 0 Å². The molecule has 0 bridgehead atoms. The molecule has 1 unspecified atom stereocenters. The van der Waals surface area contributed by atoms with Crippen LogP contribution in [0.25, 0.3) is 0 Å². The average Bonchev–Trinajstić information content (AvgIpc) is 2.64. The van der Waals surface area contributed by atoms with Gasteiger partial charge in [0.1, 0.15) is 0 Å². The smallest absolute Gasteiger partial charge is 0.246 e. The molecule has 1 heterocycles. The first-order valence-electron chi connectivity index (χ1n) is 3.22. The summed E-state index contributed by atoms with van der Waals surface area (Å²) in [5.74, 6) is 0.0712. The van der Waals surface area contributed by atoms with Crippen molar-refractivity contribution in [2.24, 2.45) is 0 Å². The fourth-order valence-electron chi connectivity index (χ4n) is 0.917. The fourth-order valence-corrected chi connectivity index (χ4v) is 0.917. The Bertz CT molecular complexity index is 142. The molecule has 1 atom stereocenters. The molecule has 50 valence electrons. The van der Waals surface area contributed by atoms with E-state index >= 15 is 0 Å². The van der Waals surface area contributed by atoms with Gasteiger partial charge in [-0.25, -0.2) is 0 Å². The predicted molar refractivity (Wildman–Crippen MR) is 36.0 cm³/mol. The van der Waals surface area contributed by atoms with Crippen LogP contribution >= 0.6 is 0 Å². The highest BCUT2D eigenvalue weighted by Crippen LogP contribution is 2.19. The largest absolute Gasteiger partial charge is 0.332 e. The summed E-state index contributed by atoms with van der Waals surface area (Å²) < 4.78 is 0. The van der Waals surface area contributed by atoms with Gasteiger partial charge in [-0.1, -0.05) is 13.5 Å². The molecule has 9 heavy (non-hydrogen) atoms. The normalized spacial score (nSPS) is 23.7. The molecule has 0 saturated carbocycles. The number of hydrogen-bond donors (Lipinski definition) is 0. The van der Waals surface area contributed by atoms with E-state index in [9.17, 15) is 4.79 Å². The van der Waals surface area contributed by atoms with Crippen LogP contribution in [0, 0.1) is 0 Å². The molecule has 0 radical (unpaired) electrons. The van der Waals surface area contributed by atoms with Gasteiger partial charge in [-0.2, -0.15) is 0 Å². The lowest BCUT2D eigenvalue weighted by Gasteiger charge is -1.94. The van der Waals surface area contributed by atoms with Crippen LogP contribution in [-0.2, 0) is 4.79 Å². The first-order chi connectivity index (χ1) is 4.29. The van der Waals surface area contributed by atoms with Gasteiger partial charge in [0.2, 0.25) is 5.91 Å². The van der Waals surface area contributed by atoms with Crippen molar-refractivity contribution in [1.29, 1.82) is 0 Å². The van der Waals surface area contributed by atoms with Gasteiger partial charge in [0.15, 0.2) is 0 Å². The van der Waals surface area contributed by atoms with Crippen LogP contribution in [0.15, 0.2) is 12.7 Å². The zero-order valence-electron chi connectivity index (χ0n) is 5.63. The van der Waals surface area contributed by atoms with E-state index in [-0.39, 0.29) is 5.91 Å². The van der Waals surface area contributed by atoms with Crippen LogP contribution in [0.1, 0.15) is 13.3 Å². The molecule has 1 rings (SSSR count). The predicted octanol–water partition coefficient (Wildman–Crippen LogP) is 0.793. The zero-order chi connectivity index (χ0) is 6.85. The number of hydrogen-bond acceptors (Lipinski definition) is 1. The second kappa shape index (κ2) is 2.21. The molecule has 1 fully saturated rings. The Labute approximate surface area is 55.2 Å². The lowest BCUT2D eigenvalue weighted by atomic mass is 10.4. The highest BCUT2D eigenvalue weighted by atomic mass is 16.2. The van der Waals surface area contributed by atoms with Crippen molar-refractivity contribution in [3.05, 3.63) is 12.7 Å². The van der Waals surface area contributed by atoms with Crippen molar-refractivity contribution >= 4 is 5.91 Å². The number of nitrogens with zero attached hydrogens (tertiary/aromatic N) is 1. The third kappa shape index (κ3) is 1.12. The monoisotopic (exact) mass is 125 g/mol. The van der Waals surface area contributed by atoms with Crippen LogP contribution in [0.3, 0.4) is 0 Å². The third-order valence-electron chi connectivity index (χ3n) is 1.64. The van der Waals surface area contributed by atoms with Gasteiger partial charge in [0, 0.05) is 12.6 Å². The maximum absolute atomic E-state index is 10.8. The molecule has 2 nitrogen and oxygen atoms in total. The van der Waals surface area contributed by atoms with E-state index < -0.39 is 0 Å². The second-order valence-electron chi connectivity index (χ2n) is 2.26. The van der Waals surface area contributed by atoms with Gasteiger partial charge in [-0.3, -0.25) is 4.79 Å². The highest BCUT2D eigenvalue weighted by Gasteiger charge is 2.34. The van der Waals surface area contributed by atoms with Crippen LogP contribution in [0.2, 0.25) is 0 Å². The minimum Gasteiger partial charge on any atom is -0.332 e. The molecular formula is C7H11NO. The molecule has 0 aliphatic carbocycles. The van der Waals surface area contributed by atoms with E-state index in [2.05, 4.69) is 13.5 Å². The Morgan fingerprint density at radius 3 is 3.00 bits per heavy atom. The van der Waals surface area contributed by atoms with Gasteiger partial charge in [-0.05, 0) is 12.5 Å². The van der Waals surface area contributed by atoms with E-state index in [1.54, 1.807) is 0 Å². The fraction of sp³-hybridized carbons (Fsp3) is 0.571. The summed E-state index contributed by atoms with van der Waals surface area (Å²) in [5, 5.41) is 0. The van der Waals surface area contributed by atoms with Gasteiger partial charge in [-0.15, -0.1) is 0 Å². The lowest BCUT2D eigenvalue weighted by molar-refractivity contribution is -0.121. The highest BCUT2D eigenvalue weighted by molar-refractivity contribution is 5.89. The van der Waals surface area contributed by atoms with Crippen LogP contribution < -0.4 is 0 Å². The Kier molecular flexibility index (Phi) is 1.56. The van der Waals surface area contributed by atoms with Gasteiger partial charge < -0.3 is 4.90 Å². The van der Waals surface area contributed by atoms with Crippen molar-refractivity contribution in [2.75, 3.05) is 6.54 Å². The summed E-state index contributed by atoms with van der Waals surface area (Å²) in [5.41, 5.74) is 0. The van der Waals surface area contributed by atoms with Crippen LogP contribution in [0.4, 0.5) is 0 Å². The molecule has 0 aromatic rings.